The van der Waals surface area contributed by atoms with Gasteiger partial charge in [-0.1, -0.05) is 20.1 Å². The SMILES string of the molecule is C=CC(=O)CC.C=CC(C)=O. The molecule has 0 aromatic rings. The Morgan fingerprint density at radius 2 is 1.64 bits per heavy atom. The van der Waals surface area contributed by atoms with E-state index in [2.05, 4.69) is 13.2 Å². The molecule has 0 spiro atoms. The number of carbonyl (C=O) groups is 2. The molecule has 62 valence electrons. The maximum Gasteiger partial charge on any atom is 0.154 e. The molecule has 0 aliphatic rings. The van der Waals surface area contributed by atoms with Crippen LogP contribution in [-0.2, 0) is 9.59 Å². The van der Waals surface area contributed by atoms with Gasteiger partial charge in [0.2, 0.25) is 0 Å². The highest BCUT2D eigenvalue weighted by Gasteiger charge is 1.81. The molecule has 0 atom stereocenters. The van der Waals surface area contributed by atoms with E-state index in [1.54, 1.807) is 0 Å². The number of allylic oxidation sites excluding steroid dienone is 2. The van der Waals surface area contributed by atoms with Crippen LogP contribution in [0.3, 0.4) is 0 Å². The van der Waals surface area contributed by atoms with Crippen LogP contribution in [0, 0.1) is 0 Å². The molecule has 0 heterocycles. The van der Waals surface area contributed by atoms with Crippen LogP contribution in [0.15, 0.2) is 25.3 Å². The van der Waals surface area contributed by atoms with Gasteiger partial charge >= 0.3 is 0 Å². The predicted octanol–water partition coefficient (Wildman–Crippen LogP) is 1.91. The van der Waals surface area contributed by atoms with E-state index in [4.69, 9.17) is 0 Å². The van der Waals surface area contributed by atoms with Crippen molar-refractivity contribution < 1.29 is 9.59 Å². The minimum absolute atomic E-state index is 0.0185. The number of hydrogen-bond acceptors (Lipinski definition) is 2. The molecule has 2 heteroatoms. The molecule has 0 aliphatic carbocycles. The summed E-state index contributed by atoms with van der Waals surface area (Å²) < 4.78 is 0. The second kappa shape index (κ2) is 8.82. The number of carbonyl (C=O) groups excluding carboxylic acids is 2. The third-order valence-corrected chi connectivity index (χ3v) is 0.864. The van der Waals surface area contributed by atoms with Crippen LogP contribution in [0.25, 0.3) is 0 Å². The molecule has 0 radical (unpaired) electrons. The molecular formula is C9H14O2. The van der Waals surface area contributed by atoms with E-state index in [1.165, 1.54) is 19.1 Å². The zero-order valence-corrected chi connectivity index (χ0v) is 7.09. The van der Waals surface area contributed by atoms with Gasteiger partial charge < -0.3 is 0 Å². The molecule has 0 aromatic heterocycles. The smallest absolute Gasteiger partial charge is 0.154 e. The summed E-state index contributed by atoms with van der Waals surface area (Å²) in [6.45, 7) is 9.77. The summed E-state index contributed by atoms with van der Waals surface area (Å²) in [5.74, 6) is 0.125. The topological polar surface area (TPSA) is 34.1 Å². The highest BCUT2D eigenvalue weighted by atomic mass is 16.1. The zero-order chi connectivity index (χ0) is 9.28. The molecule has 0 aromatic carbocycles. The van der Waals surface area contributed by atoms with Gasteiger partial charge in [0.05, 0.1) is 0 Å². The largest absolute Gasteiger partial charge is 0.295 e. The van der Waals surface area contributed by atoms with Gasteiger partial charge in [-0.05, 0) is 19.1 Å². The lowest BCUT2D eigenvalue weighted by Gasteiger charge is -1.75. The second-order valence-corrected chi connectivity index (χ2v) is 1.84. The van der Waals surface area contributed by atoms with Crippen LogP contribution < -0.4 is 0 Å². The van der Waals surface area contributed by atoms with Gasteiger partial charge in [0.25, 0.3) is 0 Å². The summed E-state index contributed by atoms with van der Waals surface area (Å²) in [4.78, 5) is 19.8. The summed E-state index contributed by atoms with van der Waals surface area (Å²) >= 11 is 0. The van der Waals surface area contributed by atoms with E-state index >= 15 is 0 Å². The summed E-state index contributed by atoms with van der Waals surface area (Å²) in [5, 5.41) is 0. The molecule has 2 nitrogen and oxygen atoms in total. The number of rotatable bonds is 3. The van der Waals surface area contributed by atoms with Crippen molar-refractivity contribution in [1.29, 1.82) is 0 Å². The van der Waals surface area contributed by atoms with Gasteiger partial charge in [0, 0.05) is 6.42 Å². The first kappa shape index (κ1) is 12.5. The van der Waals surface area contributed by atoms with Crippen molar-refractivity contribution in [2.45, 2.75) is 20.3 Å². The molecule has 0 saturated carbocycles. The molecule has 0 amide bonds. The maximum absolute atomic E-state index is 10.1. The van der Waals surface area contributed by atoms with Gasteiger partial charge in [-0.3, -0.25) is 9.59 Å². The van der Waals surface area contributed by atoms with E-state index in [-0.39, 0.29) is 11.6 Å². The average Bonchev–Trinajstić information content (AvgIpc) is 2.04. The Kier molecular flexibility index (Phi) is 10.0. The van der Waals surface area contributed by atoms with Crippen LogP contribution in [0.1, 0.15) is 20.3 Å². The van der Waals surface area contributed by atoms with Crippen molar-refractivity contribution in [3.8, 4) is 0 Å². The lowest BCUT2D eigenvalue weighted by molar-refractivity contribution is -0.114. The fourth-order valence-electron chi connectivity index (χ4n) is 0.144. The predicted molar refractivity (Wildman–Crippen MR) is 46.4 cm³/mol. The highest BCUT2D eigenvalue weighted by Crippen LogP contribution is 1.76. The first-order chi connectivity index (χ1) is 5.08. The van der Waals surface area contributed by atoms with E-state index in [9.17, 15) is 9.59 Å². The van der Waals surface area contributed by atoms with Crippen LogP contribution in [0.4, 0.5) is 0 Å². The fourth-order valence-corrected chi connectivity index (χ4v) is 0.144. The minimum Gasteiger partial charge on any atom is -0.295 e. The van der Waals surface area contributed by atoms with Crippen molar-refractivity contribution in [2.24, 2.45) is 0 Å². The molecule has 0 saturated heterocycles. The van der Waals surface area contributed by atoms with Gasteiger partial charge in [-0.25, -0.2) is 0 Å². The normalized spacial score (nSPS) is 7.09. The molecule has 0 unspecified atom stereocenters. The monoisotopic (exact) mass is 154 g/mol. The summed E-state index contributed by atoms with van der Waals surface area (Å²) in [7, 11) is 0. The first-order valence-corrected chi connectivity index (χ1v) is 3.36. The van der Waals surface area contributed by atoms with E-state index in [1.807, 2.05) is 6.92 Å². The van der Waals surface area contributed by atoms with Gasteiger partial charge in [-0.2, -0.15) is 0 Å². The molecule has 0 rings (SSSR count). The van der Waals surface area contributed by atoms with Crippen molar-refractivity contribution >= 4 is 11.6 Å². The molecule has 0 bridgehead atoms. The van der Waals surface area contributed by atoms with E-state index in [0.717, 1.165) is 0 Å². The quantitative estimate of drug-likeness (QED) is 0.582. The van der Waals surface area contributed by atoms with E-state index in [0.29, 0.717) is 6.42 Å². The Bertz CT molecular complexity index is 157. The van der Waals surface area contributed by atoms with Gasteiger partial charge in [0.15, 0.2) is 11.6 Å². The van der Waals surface area contributed by atoms with Crippen LogP contribution in [0.2, 0.25) is 0 Å². The first-order valence-electron chi connectivity index (χ1n) is 3.36. The van der Waals surface area contributed by atoms with Crippen LogP contribution in [-0.4, -0.2) is 11.6 Å². The molecular weight excluding hydrogens is 140 g/mol. The third-order valence-electron chi connectivity index (χ3n) is 0.864. The third kappa shape index (κ3) is 17.7. The Balaban J connectivity index is 0. The Hall–Kier alpha value is -1.18. The highest BCUT2D eigenvalue weighted by molar-refractivity contribution is 5.88. The zero-order valence-electron chi connectivity index (χ0n) is 7.09. The molecule has 11 heavy (non-hydrogen) atoms. The minimum atomic E-state index is 0.0185. The van der Waals surface area contributed by atoms with E-state index < -0.39 is 0 Å². The fraction of sp³-hybridized carbons (Fsp3) is 0.333. The summed E-state index contributed by atoms with van der Waals surface area (Å²) in [5.41, 5.74) is 0. The molecule has 0 N–H and O–H groups in total. The average molecular weight is 154 g/mol. The number of ketones is 2. The summed E-state index contributed by atoms with van der Waals surface area (Å²) in [6, 6.07) is 0. The number of hydrogen-bond donors (Lipinski definition) is 0. The van der Waals surface area contributed by atoms with Crippen molar-refractivity contribution in [3.63, 3.8) is 0 Å². The Morgan fingerprint density at radius 3 is 1.64 bits per heavy atom. The van der Waals surface area contributed by atoms with Crippen molar-refractivity contribution in [1.82, 2.24) is 0 Å². The Morgan fingerprint density at radius 1 is 1.27 bits per heavy atom. The summed E-state index contributed by atoms with van der Waals surface area (Å²) in [6.07, 6.45) is 3.18. The van der Waals surface area contributed by atoms with Crippen LogP contribution >= 0.6 is 0 Å². The van der Waals surface area contributed by atoms with Gasteiger partial charge in [0.1, 0.15) is 0 Å². The maximum atomic E-state index is 10.1. The van der Waals surface area contributed by atoms with Gasteiger partial charge in [-0.15, -0.1) is 0 Å². The Labute approximate surface area is 67.6 Å². The standard InChI is InChI=1S/C5H8O.C4H6O/c1-3-5(6)4-2;1-3-4(2)5/h3H,1,4H2,2H3;3H,1H2,2H3. The lowest BCUT2D eigenvalue weighted by atomic mass is 10.3. The van der Waals surface area contributed by atoms with Crippen LogP contribution in [0.5, 0.6) is 0 Å². The molecule has 0 fully saturated rings. The second-order valence-electron chi connectivity index (χ2n) is 1.84. The lowest BCUT2D eigenvalue weighted by Crippen LogP contribution is -1.83. The van der Waals surface area contributed by atoms with Crippen molar-refractivity contribution in [3.05, 3.63) is 25.3 Å². The molecule has 0 aliphatic heterocycles. The van der Waals surface area contributed by atoms with Crippen molar-refractivity contribution in [2.75, 3.05) is 0 Å².